The van der Waals surface area contributed by atoms with Crippen LogP contribution in [-0.2, 0) is 6.42 Å². The maximum absolute atomic E-state index is 5.77. The quantitative estimate of drug-likeness (QED) is 0.688. The summed E-state index contributed by atoms with van der Waals surface area (Å²) in [6.45, 7) is 0.961. The van der Waals surface area contributed by atoms with Crippen LogP contribution in [0.1, 0.15) is 12.2 Å². The van der Waals surface area contributed by atoms with Crippen molar-refractivity contribution in [3.05, 3.63) is 24.2 Å². The van der Waals surface area contributed by atoms with E-state index < -0.39 is 0 Å². The molecule has 2 heterocycles. The van der Waals surface area contributed by atoms with Gasteiger partial charge in [0.15, 0.2) is 0 Å². The normalized spacial score (nSPS) is 28.4. The van der Waals surface area contributed by atoms with Gasteiger partial charge in [0.2, 0.25) is 0 Å². The van der Waals surface area contributed by atoms with Gasteiger partial charge in [-0.25, -0.2) is 0 Å². The van der Waals surface area contributed by atoms with Gasteiger partial charge in [-0.15, -0.1) is 0 Å². The van der Waals surface area contributed by atoms with Crippen molar-refractivity contribution in [1.82, 2.24) is 5.32 Å². The molecule has 12 heavy (non-hydrogen) atoms. The number of hydrogen-bond donors (Lipinski definition) is 2. The number of hydrogen-bond acceptors (Lipinski definition) is 3. The SMILES string of the molecule is NC1CNC1CCc1ccco1. The average Bonchev–Trinajstić information content (AvgIpc) is 2.54. The summed E-state index contributed by atoms with van der Waals surface area (Å²) in [6.07, 6.45) is 3.77. The first-order valence-electron chi connectivity index (χ1n) is 4.37. The molecule has 0 bridgehead atoms. The molecule has 66 valence electrons. The second-order valence-electron chi connectivity index (χ2n) is 3.30. The van der Waals surface area contributed by atoms with E-state index in [1.165, 1.54) is 0 Å². The molecular formula is C9H14N2O. The lowest BCUT2D eigenvalue weighted by Crippen LogP contribution is -2.61. The Morgan fingerprint density at radius 1 is 1.67 bits per heavy atom. The lowest BCUT2D eigenvalue weighted by Gasteiger charge is -2.35. The van der Waals surface area contributed by atoms with E-state index in [1.807, 2.05) is 12.1 Å². The summed E-state index contributed by atoms with van der Waals surface area (Å²) in [5.74, 6) is 1.05. The van der Waals surface area contributed by atoms with Crippen LogP contribution in [0.4, 0.5) is 0 Å². The molecule has 1 aromatic heterocycles. The number of nitrogens with one attached hydrogen (secondary N) is 1. The predicted molar refractivity (Wildman–Crippen MR) is 46.8 cm³/mol. The largest absolute Gasteiger partial charge is 0.469 e. The molecule has 1 aromatic rings. The van der Waals surface area contributed by atoms with Gasteiger partial charge < -0.3 is 15.5 Å². The van der Waals surface area contributed by atoms with E-state index in [0.717, 1.165) is 25.1 Å². The van der Waals surface area contributed by atoms with Crippen molar-refractivity contribution >= 4 is 0 Å². The Balaban J connectivity index is 1.75. The van der Waals surface area contributed by atoms with Crippen LogP contribution in [0.25, 0.3) is 0 Å². The summed E-state index contributed by atoms with van der Waals surface area (Å²) >= 11 is 0. The zero-order valence-corrected chi connectivity index (χ0v) is 6.99. The van der Waals surface area contributed by atoms with Crippen LogP contribution < -0.4 is 11.1 Å². The van der Waals surface area contributed by atoms with Gasteiger partial charge in [0.05, 0.1) is 6.26 Å². The van der Waals surface area contributed by atoms with Crippen molar-refractivity contribution in [2.45, 2.75) is 24.9 Å². The third-order valence-electron chi connectivity index (χ3n) is 2.41. The molecule has 3 nitrogen and oxygen atoms in total. The van der Waals surface area contributed by atoms with Crippen LogP contribution in [0, 0.1) is 0 Å². The molecule has 1 aliphatic rings. The molecule has 2 atom stereocenters. The minimum atomic E-state index is 0.347. The molecule has 1 aliphatic heterocycles. The first kappa shape index (κ1) is 7.83. The Hall–Kier alpha value is -0.800. The van der Waals surface area contributed by atoms with Gasteiger partial charge >= 0.3 is 0 Å². The summed E-state index contributed by atoms with van der Waals surface area (Å²) in [4.78, 5) is 0. The smallest absolute Gasteiger partial charge is 0.103 e. The average molecular weight is 166 g/mol. The zero-order chi connectivity index (χ0) is 8.39. The monoisotopic (exact) mass is 166 g/mol. The van der Waals surface area contributed by atoms with Gasteiger partial charge in [0.1, 0.15) is 5.76 Å². The number of furan rings is 1. The Kier molecular flexibility index (Phi) is 2.15. The molecule has 0 amide bonds. The third-order valence-corrected chi connectivity index (χ3v) is 2.41. The number of nitrogens with two attached hydrogens (primary N) is 1. The Morgan fingerprint density at radius 2 is 2.58 bits per heavy atom. The minimum absolute atomic E-state index is 0.347. The van der Waals surface area contributed by atoms with E-state index >= 15 is 0 Å². The van der Waals surface area contributed by atoms with Gasteiger partial charge in [-0.2, -0.15) is 0 Å². The van der Waals surface area contributed by atoms with Crippen molar-refractivity contribution in [1.29, 1.82) is 0 Å². The fourth-order valence-electron chi connectivity index (χ4n) is 1.49. The second kappa shape index (κ2) is 3.29. The lowest BCUT2D eigenvalue weighted by atomic mass is 9.96. The molecule has 3 N–H and O–H groups in total. The van der Waals surface area contributed by atoms with Crippen LogP contribution in [-0.4, -0.2) is 18.6 Å². The van der Waals surface area contributed by atoms with E-state index in [-0.39, 0.29) is 0 Å². The minimum Gasteiger partial charge on any atom is -0.469 e. The van der Waals surface area contributed by atoms with Crippen molar-refractivity contribution in [2.75, 3.05) is 6.54 Å². The summed E-state index contributed by atoms with van der Waals surface area (Å²) in [5.41, 5.74) is 5.77. The fraction of sp³-hybridized carbons (Fsp3) is 0.556. The fourth-order valence-corrected chi connectivity index (χ4v) is 1.49. The lowest BCUT2D eigenvalue weighted by molar-refractivity contribution is 0.290. The van der Waals surface area contributed by atoms with Gasteiger partial charge in [-0.1, -0.05) is 0 Å². The van der Waals surface area contributed by atoms with Crippen molar-refractivity contribution in [3.8, 4) is 0 Å². The molecular weight excluding hydrogens is 152 g/mol. The van der Waals surface area contributed by atoms with E-state index in [1.54, 1.807) is 6.26 Å². The maximum Gasteiger partial charge on any atom is 0.103 e. The molecule has 0 saturated carbocycles. The molecule has 0 aliphatic carbocycles. The molecule has 2 unspecified atom stereocenters. The van der Waals surface area contributed by atoms with E-state index in [4.69, 9.17) is 10.2 Å². The van der Waals surface area contributed by atoms with Crippen molar-refractivity contribution in [2.24, 2.45) is 5.73 Å². The predicted octanol–water partition coefficient (Wildman–Crippen LogP) is 0.511. The molecule has 0 aromatic carbocycles. The second-order valence-corrected chi connectivity index (χ2v) is 3.30. The van der Waals surface area contributed by atoms with Crippen LogP contribution in [0.3, 0.4) is 0 Å². The molecule has 0 radical (unpaired) electrons. The molecule has 3 heteroatoms. The standard InChI is InChI=1S/C9H14N2O/c10-8-6-11-9(8)4-3-7-2-1-5-12-7/h1-2,5,8-9,11H,3-4,6,10H2. The van der Waals surface area contributed by atoms with Crippen LogP contribution in [0.15, 0.2) is 22.8 Å². The van der Waals surface area contributed by atoms with Crippen LogP contribution in [0.2, 0.25) is 0 Å². The zero-order valence-electron chi connectivity index (χ0n) is 6.99. The summed E-state index contributed by atoms with van der Waals surface area (Å²) < 4.78 is 5.22. The van der Waals surface area contributed by atoms with Crippen molar-refractivity contribution in [3.63, 3.8) is 0 Å². The molecule has 1 fully saturated rings. The van der Waals surface area contributed by atoms with Gasteiger partial charge in [0, 0.05) is 25.0 Å². The summed E-state index contributed by atoms with van der Waals surface area (Å²) in [5, 5.41) is 3.29. The Labute approximate surface area is 71.9 Å². The van der Waals surface area contributed by atoms with E-state index in [9.17, 15) is 0 Å². The third kappa shape index (κ3) is 1.52. The summed E-state index contributed by atoms with van der Waals surface area (Å²) in [7, 11) is 0. The Morgan fingerprint density at radius 3 is 3.08 bits per heavy atom. The molecule has 0 spiro atoms. The van der Waals surface area contributed by atoms with Gasteiger partial charge in [-0.3, -0.25) is 0 Å². The first-order chi connectivity index (χ1) is 5.86. The highest BCUT2D eigenvalue weighted by Gasteiger charge is 2.25. The highest BCUT2D eigenvalue weighted by atomic mass is 16.3. The maximum atomic E-state index is 5.77. The summed E-state index contributed by atoms with van der Waals surface area (Å²) in [6, 6.07) is 4.77. The van der Waals surface area contributed by atoms with Crippen LogP contribution >= 0.6 is 0 Å². The number of aryl methyl sites for hydroxylation is 1. The topological polar surface area (TPSA) is 51.2 Å². The highest BCUT2D eigenvalue weighted by molar-refractivity contribution is 5.00. The van der Waals surface area contributed by atoms with Gasteiger partial charge in [0.25, 0.3) is 0 Å². The van der Waals surface area contributed by atoms with E-state index in [0.29, 0.717) is 12.1 Å². The van der Waals surface area contributed by atoms with Crippen molar-refractivity contribution < 1.29 is 4.42 Å². The molecule has 1 saturated heterocycles. The highest BCUT2D eigenvalue weighted by Crippen LogP contribution is 2.11. The van der Waals surface area contributed by atoms with Crippen LogP contribution in [0.5, 0.6) is 0 Å². The van der Waals surface area contributed by atoms with E-state index in [2.05, 4.69) is 5.32 Å². The molecule has 2 rings (SSSR count). The Bertz CT molecular complexity index is 233. The first-order valence-corrected chi connectivity index (χ1v) is 4.37. The van der Waals surface area contributed by atoms with Gasteiger partial charge in [-0.05, 0) is 18.6 Å². The number of rotatable bonds is 3.